The van der Waals surface area contributed by atoms with Crippen molar-refractivity contribution in [1.82, 2.24) is 14.7 Å². The molecule has 0 aliphatic heterocycles. The summed E-state index contributed by atoms with van der Waals surface area (Å²) in [6.45, 7) is 2.51. The Kier molecular flexibility index (Phi) is 3.39. The van der Waals surface area contributed by atoms with Crippen LogP contribution in [0.4, 0.5) is 0 Å². The van der Waals surface area contributed by atoms with Gasteiger partial charge in [-0.25, -0.2) is 4.98 Å². The second-order valence-corrected chi connectivity index (χ2v) is 3.84. The molecule has 2 aromatic heterocycles. The fraction of sp³-hybridized carbons (Fsp3) is 0.333. The molecule has 5 nitrogen and oxygen atoms in total. The van der Waals surface area contributed by atoms with Crippen molar-refractivity contribution in [3.05, 3.63) is 35.8 Å². The second-order valence-electron chi connectivity index (χ2n) is 3.84. The zero-order chi connectivity index (χ0) is 12.3. The van der Waals surface area contributed by atoms with Crippen LogP contribution in [-0.2, 0) is 16.1 Å². The minimum Gasteiger partial charge on any atom is -0.375 e. The third-order valence-electron chi connectivity index (χ3n) is 2.49. The van der Waals surface area contributed by atoms with Gasteiger partial charge in [0.05, 0.1) is 12.2 Å². The Hall–Kier alpha value is -1.88. The van der Waals surface area contributed by atoms with Gasteiger partial charge in [-0.05, 0) is 19.1 Å². The molecule has 1 amide bonds. The van der Waals surface area contributed by atoms with Crippen molar-refractivity contribution in [2.45, 2.75) is 13.5 Å². The van der Waals surface area contributed by atoms with Crippen LogP contribution in [0.3, 0.4) is 0 Å². The van der Waals surface area contributed by atoms with Crippen molar-refractivity contribution >= 4 is 11.6 Å². The molecule has 0 saturated heterocycles. The van der Waals surface area contributed by atoms with Crippen LogP contribution in [0, 0.1) is 6.92 Å². The van der Waals surface area contributed by atoms with E-state index in [1.807, 2.05) is 35.7 Å². The lowest BCUT2D eigenvalue weighted by Gasteiger charge is -2.00. The number of ether oxygens (including phenoxy) is 1. The highest BCUT2D eigenvalue weighted by Gasteiger charge is 2.04. The molecule has 0 spiro atoms. The summed E-state index contributed by atoms with van der Waals surface area (Å²) in [4.78, 5) is 15.6. The summed E-state index contributed by atoms with van der Waals surface area (Å²) < 4.78 is 6.73. The van der Waals surface area contributed by atoms with Gasteiger partial charge in [0.1, 0.15) is 12.3 Å². The van der Waals surface area contributed by atoms with Gasteiger partial charge in [0.15, 0.2) is 0 Å². The van der Waals surface area contributed by atoms with E-state index in [1.165, 1.54) is 7.11 Å². The summed E-state index contributed by atoms with van der Waals surface area (Å²) in [6.07, 6.45) is 1.93. The number of carbonyl (C=O) groups excluding carboxylic acids is 1. The molecule has 0 unspecified atom stereocenters. The van der Waals surface area contributed by atoms with Gasteiger partial charge < -0.3 is 14.5 Å². The lowest BCUT2D eigenvalue weighted by atomic mass is 10.4. The third-order valence-corrected chi connectivity index (χ3v) is 2.49. The average molecular weight is 233 g/mol. The van der Waals surface area contributed by atoms with Crippen molar-refractivity contribution in [2.75, 3.05) is 13.7 Å². The zero-order valence-electron chi connectivity index (χ0n) is 9.93. The van der Waals surface area contributed by atoms with Crippen molar-refractivity contribution in [3.8, 4) is 0 Å². The van der Waals surface area contributed by atoms with E-state index in [2.05, 4.69) is 10.3 Å². The summed E-state index contributed by atoms with van der Waals surface area (Å²) in [7, 11) is 1.49. The number of aryl methyl sites for hydroxylation is 1. The molecule has 2 aromatic rings. The number of hydrogen-bond acceptors (Lipinski definition) is 3. The van der Waals surface area contributed by atoms with E-state index in [4.69, 9.17) is 4.74 Å². The SMILES string of the molecule is COCC(=O)NCc1cn2c(C)cccc2n1. The van der Waals surface area contributed by atoms with Crippen LogP contribution in [0.2, 0.25) is 0 Å². The number of fused-ring (bicyclic) bond motifs is 1. The number of hydrogen-bond donors (Lipinski definition) is 1. The Morgan fingerprint density at radius 2 is 2.35 bits per heavy atom. The largest absolute Gasteiger partial charge is 0.375 e. The molecule has 90 valence electrons. The fourth-order valence-corrected chi connectivity index (χ4v) is 1.66. The van der Waals surface area contributed by atoms with Crippen LogP contribution in [0.15, 0.2) is 24.4 Å². The Balaban J connectivity index is 2.10. The molecule has 0 radical (unpaired) electrons. The number of rotatable bonds is 4. The van der Waals surface area contributed by atoms with E-state index >= 15 is 0 Å². The topological polar surface area (TPSA) is 55.6 Å². The first-order chi connectivity index (χ1) is 8.20. The van der Waals surface area contributed by atoms with Gasteiger partial charge in [0.25, 0.3) is 0 Å². The predicted molar refractivity (Wildman–Crippen MR) is 63.7 cm³/mol. The number of carbonyl (C=O) groups is 1. The maximum Gasteiger partial charge on any atom is 0.246 e. The number of imidazole rings is 1. The Labute approximate surface area is 99.4 Å². The first kappa shape index (κ1) is 11.6. The van der Waals surface area contributed by atoms with Crippen molar-refractivity contribution in [3.63, 3.8) is 0 Å². The molecular weight excluding hydrogens is 218 g/mol. The zero-order valence-corrected chi connectivity index (χ0v) is 9.93. The average Bonchev–Trinajstić information content (AvgIpc) is 2.71. The summed E-state index contributed by atoms with van der Waals surface area (Å²) >= 11 is 0. The summed E-state index contributed by atoms with van der Waals surface area (Å²) in [5.74, 6) is -0.138. The van der Waals surface area contributed by atoms with Crippen LogP contribution in [0.1, 0.15) is 11.4 Å². The van der Waals surface area contributed by atoms with E-state index in [0.29, 0.717) is 6.54 Å². The molecule has 0 aliphatic rings. The van der Waals surface area contributed by atoms with E-state index in [1.54, 1.807) is 0 Å². The normalized spacial score (nSPS) is 10.7. The van der Waals surface area contributed by atoms with Gasteiger partial charge in [-0.3, -0.25) is 4.79 Å². The Bertz CT molecular complexity index is 534. The van der Waals surface area contributed by atoms with Gasteiger partial charge in [-0.1, -0.05) is 6.07 Å². The summed E-state index contributed by atoms with van der Waals surface area (Å²) in [6, 6.07) is 5.92. The quantitative estimate of drug-likeness (QED) is 0.853. The highest BCUT2D eigenvalue weighted by Crippen LogP contribution is 2.07. The van der Waals surface area contributed by atoms with Crippen LogP contribution in [0.5, 0.6) is 0 Å². The lowest BCUT2D eigenvalue weighted by molar-refractivity contribution is -0.124. The van der Waals surface area contributed by atoms with E-state index in [0.717, 1.165) is 17.0 Å². The minimum atomic E-state index is -0.138. The maximum atomic E-state index is 11.2. The molecule has 2 rings (SSSR count). The van der Waals surface area contributed by atoms with E-state index < -0.39 is 0 Å². The number of nitrogens with one attached hydrogen (secondary N) is 1. The smallest absolute Gasteiger partial charge is 0.246 e. The van der Waals surface area contributed by atoms with Gasteiger partial charge >= 0.3 is 0 Å². The molecule has 0 fully saturated rings. The molecule has 1 N–H and O–H groups in total. The molecule has 2 heterocycles. The Morgan fingerprint density at radius 3 is 3.06 bits per heavy atom. The van der Waals surface area contributed by atoms with Crippen molar-refractivity contribution < 1.29 is 9.53 Å². The molecule has 17 heavy (non-hydrogen) atoms. The number of amides is 1. The van der Waals surface area contributed by atoms with E-state index in [9.17, 15) is 4.79 Å². The summed E-state index contributed by atoms with van der Waals surface area (Å²) in [5, 5.41) is 2.74. The van der Waals surface area contributed by atoms with Crippen LogP contribution in [-0.4, -0.2) is 29.0 Å². The maximum absolute atomic E-state index is 11.2. The highest BCUT2D eigenvalue weighted by molar-refractivity contribution is 5.77. The van der Waals surface area contributed by atoms with Gasteiger partial charge in [-0.2, -0.15) is 0 Å². The number of aromatic nitrogens is 2. The first-order valence-corrected chi connectivity index (χ1v) is 5.40. The molecule has 0 aliphatic carbocycles. The standard InChI is InChI=1S/C12H15N3O2/c1-9-4-3-5-11-14-10(7-15(9)11)6-13-12(16)8-17-2/h3-5,7H,6,8H2,1-2H3,(H,13,16). The third kappa shape index (κ3) is 2.62. The number of nitrogens with zero attached hydrogens (tertiary/aromatic N) is 2. The van der Waals surface area contributed by atoms with E-state index in [-0.39, 0.29) is 12.5 Å². The van der Waals surface area contributed by atoms with Crippen LogP contribution in [0.25, 0.3) is 5.65 Å². The number of methoxy groups -OCH3 is 1. The molecule has 5 heteroatoms. The predicted octanol–water partition coefficient (Wildman–Crippen LogP) is 0.905. The Morgan fingerprint density at radius 1 is 1.53 bits per heavy atom. The van der Waals surface area contributed by atoms with Crippen LogP contribution >= 0.6 is 0 Å². The highest BCUT2D eigenvalue weighted by atomic mass is 16.5. The van der Waals surface area contributed by atoms with Gasteiger partial charge in [0, 0.05) is 19.0 Å². The molecule has 0 aromatic carbocycles. The summed E-state index contributed by atoms with van der Waals surface area (Å²) in [5.41, 5.74) is 2.84. The fourth-order valence-electron chi connectivity index (χ4n) is 1.66. The monoisotopic (exact) mass is 233 g/mol. The second kappa shape index (κ2) is 4.97. The first-order valence-electron chi connectivity index (χ1n) is 5.40. The lowest BCUT2D eigenvalue weighted by Crippen LogP contribution is -2.26. The van der Waals surface area contributed by atoms with Crippen molar-refractivity contribution in [1.29, 1.82) is 0 Å². The van der Waals surface area contributed by atoms with Gasteiger partial charge in [-0.15, -0.1) is 0 Å². The molecule has 0 bridgehead atoms. The molecule has 0 saturated carbocycles. The number of pyridine rings is 1. The molecular formula is C12H15N3O2. The van der Waals surface area contributed by atoms with Crippen LogP contribution < -0.4 is 5.32 Å². The molecule has 0 atom stereocenters. The minimum absolute atomic E-state index is 0.0758. The van der Waals surface area contributed by atoms with Crippen molar-refractivity contribution in [2.24, 2.45) is 0 Å². The van der Waals surface area contributed by atoms with Gasteiger partial charge in [0.2, 0.25) is 5.91 Å².